The molecule has 1 aliphatic rings. The van der Waals surface area contributed by atoms with E-state index in [2.05, 4.69) is 47.0 Å². The fourth-order valence-corrected chi connectivity index (χ4v) is 3.23. The van der Waals surface area contributed by atoms with E-state index in [-0.39, 0.29) is 12.1 Å². The van der Waals surface area contributed by atoms with Gasteiger partial charge in [0.2, 0.25) is 0 Å². The van der Waals surface area contributed by atoms with Gasteiger partial charge < -0.3 is 10.4 Å². The van der Waals surface area contributed by atoms with Crippen molar-refractivity contribution in [2.75, 3.05) is 6.54 Å². The summed E-state index contributed by atoms with van der Waals surface area (Å²) in [5.41, 5.74) is 5.40. The second kappa shape index (κ2) is 11.0. The molecular formula is C23H33N3O. The van der Waals surface area contributed by atoms with Crippen molar-refractivity contribution in [2.24, 2.45) is 4.99 Å². The molecule has 0 radical (unpaired) electrons. The molecule has 2 atom stereocenters. The van der Waals surface area contributed by atoms with Crippen molar-refractivity contribution in [1.82, 2.24) is 10.3 Å². The number of pyridine rings is 1. The van der Waals surface area contributed by atoms with Gasteiger partial charge in [0.05, 0.1) is 11.8 Å². The SMILES string of the molecule is C=C(Cc1ccc(C)nc1)C1=CCCC=C1N=CCN[C@@H](CCC)C(C)O. The number of nitrogens with one attached hydrogen (secondary N) is 1. The topological polar surface area (TPSA) is 57.5 Å². The van der Waals surface area contributed by atoms with E-state index in [9.17, 15) is 5.11 Å². The van der Waals surface area contributed by atoms with Crippen LogP contribution in [0.2, 0.25) is 0 Å². The Balaban J connectivity index is 1.94. The lowest BCUT2D eigenvalue weighted by Crippen LogP contribution is -2.39. The number of aliphatic imine (C=N–C) groups is 1. The predicted molar refractivity (Wildman–Crippen MR) is 114 cm³/mol. The van der Waals surface area contributed by atoms with Crippen molar-refractivity contribution in [1.29, 1.82) is 0 Å². The highest BCUT2D eigenvalue weighted by molar-refractivity contribution is 5.64. The number of rotatable bonds is 10. The summed E-state index contributed by atoms with van der Waals surface area (Å²) in [6.45, 7) is 10.9. The molecule has 1 unspecified atom stereocenters. The van der Waals surface area contributed by atoms with Crippen molar-refractivity contribution in [3.63, 3.8) is 0 Å². The maximum atomic E-state index is 9.82. The Kier molecular flexibility index (Phi) is 8.62. The molecule has 4 nitrogen and oxygen atoms in total. The van der Waals surface area contributed by atoms with E-state index in [1.54, 1.807) is 0 Å². The Hall–Kier alpha value is -2.04. The number of nitrogens with zero attached hydrogens (tertiary/aromatic N) is 2. The minimum atomic E-state index is -0.356. The van der Waals surface area contributed by atoms with Crippen LogP contribution in [0.5, 0.6) is 0 Å². The van der Waals surface area contributed by atoms with E-state index in [1.807, 2.05) is 32.3 Å². The maximum absolute atomic E-state index is 9.82. The molecule has 1 heterocycles. The third kappa shape index (κ3) is 6.89. The van der Waals surface area contributed by atoms with E-state index in [4.69, 9.17) is 0 Å². The van der Waals surface area contributed by atoms with Gasteiger partial charge in [-0.1, -0.05) is 38.1 Å². The third-order valence-corrected chi connectivity index (χ3v) is 4.78. The van der Waals surface area contributed by atoms with E-state index >= 15 is 0 Å². The largest absolute Gasteiger partial charge is 0.392 e. The first-order chi connectivity index (χ1) is 13.0. The molecule has 0 bridgehead atoms. The molecule has 1 aromatic rings. The standard InChI is InChI=1S/C23H33N3O/c1-5-8-22(19(4)27)24-13-14-25-23-10-7-6-9-21(23)17(2)15-20-12-11-18(3)26-16-20/h9-12,14,16,19,22,24,27H,2,5-8,13,15H2,1,3-4H3/t19?,22-/m0/s1. The molecule has 4 heteroatoms. The molecule has 0 aliphatic heterocycles. The second-order valence-electron chi connectivity index (χ2n) is 7.23. The number of hydrogen-bond acceptors (Lipinski definition) is 4. The Morgan fingerprint density at radius 3 is 2.81 bits per heavy atom. The number of hydrogen-bond donors (Lipinski definition) is 2. The lowest BCUT2D eigenvalue weighted by molar-refractivity contribution is 0.142. The van der Waals surface area contributed by atoms with Crippen LogP contribution in [-0.4, -0.2) is 35.0 Å². The smallest absolute Gasteiger partial charge is 0.0665 e. The van der Waals surface area contributed by atoms with E-state index < -0.39 is 0 Å². The van der Waals surface area contributed by atoms with Crippen LogP contribution >= 0.6 is 0 Å². The quantitative estimate of drug-likeness (QED) is 0.606. The summed E-state index contributed by atoms with van der Waals surface area (Å²) in [6.07, 6.45) is 12.7. The number of allylic oxidation sites excluding steroid dienone is 3. The molecule has 2 N–H and O–H groups in total. The normalized spacial score (nSPS) is 16.7. The number of aliphatic hydroxyl groups is 1. The van der Waals surface area contributed by atoms with Crippen molar-refractivity contribution in [2.45, 2.75) is 65.0 Å². The summed E-state index contributed by atoms with van der Waals surface area (Å²) in [4.78, 5) is 9.05. The molecule has 0 amide bonds. The summed E-state index contributed by atoms with van der Waals surface area (Å²) in [6, 6.07) is 4.26. The number of aliphatic hydroxyl groups excluding tert-OH is 1. The van der Waals surface area contributed by atoms with Crippen molar-refractivity contribution >= 4 is 6.21 Å². The summed E-state index contributed by atoms with van der Waals surface area (Å²) in [5, 5.41) is 13.2. The summed E-state index contributed by atoms with van der Waals surface area (Å²) in [5.74, 6) is 0. The molecule has 0 spiro atoms. The fraction of sp³-hybridized carbons (Fsp3) is 0.478. The van der Waals surface area contributed by atoms with Crippen LogP contribution in [0, 0.1) is 6.92 Å². The van der Waals surface area contributed by atoms with Crippen LogP contribution < -0.4 is 5.32 Å². The molecule has 1 aromatic heterocycles. The first-order valence-electron chi connectivity index (χ1n) is 9.95. The molecule has 1 aliphatic carbocycles. The van der Waals surface area contributed by atoms with Crippen LogP contribution in [-0.2, 0) is 6.42 Å². The van der Waals surface area contributed by atoms with Crippen LogP contribution in [0.3, 0.4) is 0 Å². The minimum absolute atomic E-state index is 0.112. The highest BCUT2D eigenvalue weighted by Gasteiger charge is 2.13. The molecule has 2 rings (SSSR count). The predicted octanol–water partition coefficient (Wildman–Crippen LogP) is 4.30. The first kappa shape index (κ1) is 21.3. The van der Waals surface area contributed by atoms with E-state index in [0.29, 0.717) is 6.54 Å². The van der Waals surface area contributed by atoms with Gasteiger partial charge in [-0.25, -0.2) is 0 Å². The summed E-state index contributed by atoms with van der Waals surface area (Å²) < 4.78 is 0. The van der Waals surface area contributed by atoms with Gasteiger partial charge in [0.25, 0.3) is 0 Å². The first-order valence-corrected chi connectivity index (χ1v) is 9.95. The average molecular weight is 368 g/mol. The van der Waals surface area contributed by atoms with Gasteiger partial charge in [-0.3, -0.25) is 9.98 Å². The van der Waals surface area contributed by atoms with Gasteiger partial charge in [-0.05, 0) is 62.3 Å². The van der Waals surface area contributed by atoms with Crippen molar-refractivity contribution in [3.05, 3.63) is 65.2 Å². The Bertz CT molecular complexity index is 699. The maximum Gasteiger partial charge on any atom is 0.0665 e. The van der Waals surface area contributed by atoms with Gasteiger partial charge in [-0.15, -0.1) is 0 Å². The Morgan fingerprint density at radius 1 is 1.37 bits per heavy atom. The number of aryl methyl sites for hydroxylation is 1. The highest BCUT2D eigenvalue weighted by Crippen LogP contribution is 2.27. The number of aromatic nitrogens is 1. The molecule has 0 saturated heterocycles. The lowest BCUT2D eigenvalue weighted by atomic mass is 9.93. The van der Waals surface area contributed by atoms with Crippen LogP contribution in [0.1, 0.15) is 50.8 Å². The third-order valence-electron chi connectivity index (χ3n) is 4.78. The Labute approximate surface area is 163 Å². The zero-order valence-corrected chi connectivity index (χ0v) is 16.9. The molecule has 146 valence electrons. The lowest BCUT2D eigenvalue weighted by Gasteiger charge is -2.20. The fourth-order valence-electron chi connectivity index (χ4n) is 3.23. The van der Waals surface area contributed by atoms with Gasteiger partial charge in [-0.2, -0.15) is 0 Å². The van der Waals surface area contributed by atoms with E-state index in [0.717, 1.165) is 54.6 Å². The summed E-state index contributed by atoms with van der Waals surface area (Å²) >= 11 is 0. The average Bonchev–Trinajstić information content (AvgIpc) is 2.66. The second-order valence-corrected chi connectivity index (χ2v) is 7.23. The minimum Gasteiger partial charge on any atom is -0.392 e. The molecule has 0 fully saturated rings. The monoisotopic (exact) mass is 367 g/mol. The molecular weight excluding hydrogens is 334 g/mol. The van der Waals surface area contributed by atoms with Gasteiger partial charge >= 0.3 is 0 Å². The Morgan fingerprint density at radius 2 is 2.15 bits per heavy atom. The van der Waals surface area contributed by atoms with Gasteiger partial charge in [0.15, 0.2) is 0 Å². The van der Waals surface area contributed by atoms with Crippen LogP contribution in [0.4, 0.5) is 0 Å². The zero-order valence-electron chi connectivity index (χ0n) is 16.9. The molecule has 0 aromatic carbocycles. The molecule has 0 saturated carbocycles. The highest BCUT2D eigenvalue weighted by atomic mass is 16.3. The van der Waals surface area contributed by atoms with Gasteiger partial charge in [0.1, 0.15) is 0 Å². The summed E-state index contributed by atoms with van der Waals surface area (Å²) in [7, 11) is 0. The van der Waals surface area contributed by atoms with Gasteiger partial charge in [0, 0.05) is 30.7 Å². The zero-order chi connectivity index (χ0) is 19.6. The van der Waals surface area contributed by atoms with Crippen LogP contribution in [0.15, 0.2) is 58.9 Å². The van der Waals surface area contributed by atoms with Crippen molar-refractivity contribution in [3.8, 4) is 0 Å². The van der Waals surface area contributed by atoms with Crippen LogP contribution in [0.25, 0.3) is 0 Å². The van der Waals surface area contributed by atoms with E-state index in [1.165, 1.54) is 5.56 Å². The van der Waals surface area contributed by atoms with Crippen molar-refractivity contribution < 1.29 is 5.11 Å². The molecule has 27 heavy (non-hydrogen) atoms.